The Kier molecular flexibility index (Phi) is 3.25. The predicted molar refractivity (Wildman–Crippen MR) is 74.7 cm³/mol. The molecule has 8 N–H and O–H groups in total. The number of aromatic hydroxyl groups is 8. The number of hydrogen-bond donors (Lipinski definition) is 8. The van der Waals surface area contributed by atoms with Gasteiger partial charge in [0.15, 0.2) is 23.0 Å². The van der Waals surface area contributed by atoms with E-state index in [1.807, 2.05) is 0 Å². The summed E-state index contributed by atoms with van der Waals surface area (Å²) in [4.78, 5) is 0. The first kappa shape index (κ1) is 15.2. The van der Waals surface area contributed by atoms with Crippen molar-refractivity contribution in [2.45, 2.75) is 13.8 Å². The zero-order valence-corrected chi connectivity index (χ0v) is 11.6. The molecule has 0 bridgehead atoms. The molecule has 8 nitrogen and oxygen atoms in total. The lowest BCUT2D eigenvalue weighted by atomic mass is 9.93. The fraction of sp³-hybridized carbons (Fsp3) is 0.143. The Morgan fingerprint density at radius 1 is 0.364 bits per heavy atom. The van der Waals surface area contributed by atoms with E-state index in [4.69, 9.17) is 0 Å². The molecule has 0 saturated heterocycles. The van der Waals surface area contributed by atoms with Crippen LogP contribution >= 0.6 is 0 Å². The third kappa shape index (κ3) is 1.77. The standard InChI is InChI=1S/C14H14O8/c1-3-5(10(18)14(22)13(21)8(3)16)6-7(15)4(2)9(17)12(20)11(6)19/h15-22H,1-2H3. The van der Waals surface area contributed by atoms with Crippen molar-refractivity contribution in [2.75, 3.05) is 0 Å². The van der Waals surface area contributed by atoms with Crippen LogP contribution in [0.2, 0.25) is 0 Å². The van der Waals surface area contributed by atoms with E-state index in [9.17, 15) is 40.9 Å². The molecule has 8 heteroatoms. The number of phenolic OH excluding ortho intramolecular Hbond substituents is 8. The second-order valence-corrected chi connectivity index (χ2v) is 4.79. The molecule has 0 atom stereocenters. The van der Waals surface area contributed by atoms with Crippen molar-refractivity contribution in [1.82, 2.24) is 0 Å². The summed E-state index contributed by atoms with van der Waals surface area (Å²) in [5.74, 6) is -7.12. The van der Waals surface area contributed by atoms with Gasteiger partial charge in [-0.05, 0) is 13.8 Å². The molecule has 0 spiro atoms. The molecule has 2 aromatic rings. The highest BCUT2D eigenvalue weighted by Gasteiger charge is 2.29. The van der Waals surface area contributed by atoms with Crippen LogP contribution in [0.5, 0.6) is 46.0 Å². The molecule has 0 aromatic heterocycles. The largest absolute Gasteiger partial charge is 0.507 e. The summed E-state index contributed by atoms with van der Waals surface area (Å²) in [5.41, 5.74) is -1.31. The first-order valence-corrected chi connectivity index (χ1v) is 6.04. The van der Waals surface area contributed by atoms with Gasteiger partial charge in [0.05, 0.1) is 5.56 Å². The molecular weight excluding hydrogens is 296 g/mol. The van der Waals surface area contributed by atoms with E-state index in [0.717, 1.165) is 0 Å². The molecule has 0 aliphatic carbocycles. The van der Waals surface area contributed by atoms with Crippen LogP contribution in [0.25, 0.3) is 11.1 Å². The first-order valence-electron chi connectivity index (χ1n) is 6.04. The van der Waals surface area contributed by atoms with Gasteiger partial charge in [-0.15, -0.1) is 0 Å². The van der Waals surface area contributed by atoms with Gasteiger partial charge in [0.2, 0.25) is 17.2 Å². The van der Waals surface area contributed by atoms with Gasteiger partial charge >= 0.3 is 0 Å². The summed E-state index contributed by atoms with van der Waals surface area (Å²) in [6, 6.07) is 0. The van der Waals surface area contributed by atoms with Crippen molar-refractivity contribution < 1.29 is 40.9 Å². The molecule has 0 aliphatic rings. The number of rotatable bonds is 1. The van der Waals surface area contributed by atoms with Crippen molar-refractivity contribution >= 4 is 0 Å². The summed E-state index contributed by atoms with van der Waals surface area (Å²) in [5, 5.41) is 78.0. The van der Waals surface area contributed by atoms with Gasteiger partial charge < -0.3 is 40.9 Å². The van der Waals surface area contributed by atoms with Gasteiger partial charge in [-0.2, -0.15) is 0 Å². The molecule has 0 heterocycles. The summed E-state index contributed by atoms with van der Waals surface area (Å²) in [6.45, 7) is 2.47. The van der Waals surface area contributed by atoms with Crippen LogP contribution < -0.4 is 0 Å². The monoisotopic (exact) mass is 310 g/mol. The van der Waals surface area contributed by atoms with Crippen LogP contribution in [0, 0.1) is 13.8 Å². The van der Waals surface area contributed by atoms with E-state index >= 15 is 0 Å². The molecule has 0 radical (unpaired) electrons. The average Bonchev–Trinajstić information content (AvgIpc) is 2.50. The zero-order chi connectivity index (χ0) is 16.9. The molecule has 0 fully saturated rings. The maximum atomic E-state index is 10.1. The fourth-order valence-electron chi connectivity index (χ4n) is 2.18. The van der Waals surface area contributed by atoms with Crippen molar-refractivity contribution in [3.05, 3.63) is 11.1 Å². The summed E-state index contributed by atoms with van der Waals surface area (Å²) in [6.07, 6.45) is 0. The highest BCUT2D eigenvalue weighted by Crippen LogP contribution is 2.58. The van der Waals surface area contributed by atoms with E-state index in [-0.39, 0.29) is 11.1 Å². The van der Waals surface area contributed by atoms with E-state index < -0.39 is 57.1 Å². The molecule has 0 amide bonds. The van der Waals surface area contributed by atoms with E-state index in [2.05, 4.69) is 0 Å². The van der Waals surface area contributed by atoms with Crippen LogP contribution in [0.15, 0.2) is 0 Å². The highest BCUT2D eigenvalue weighted by molar-refractivity contribution is 5.91. The Labute approximate surface area is 124 Å². The van der Waals surface area contributed by atoms with Crippen LogP contribution in [0.1, 0.15) is 11.1 Å². The van der Waals surface area contributed by atoms with Crippen LogP contribution in [-0.4, -0.2) is 40.9 Å². The van der Waals surface area contributed by atoms with Crippen molar-refractivity contribution in [3.63, 3.8) is 0 Å². The maximum Gasteiger partial charge on any atom is 0.204 e. The lowest BCUT2D eigenvalue weighted by Gasteiger charge is -2.18. The Morgan fingerprint density at radius 2 is 0.727 bits per heavy atom. The van der Waals surface area contributed by atoms with Crippen molar-refractivity contribution in [3.8, 4) is 57.1 Å². The van der Waals surface area contributed by atoms with Crippen molar-refractivity contribution in [2.24, 2.45) is 0 Å². The summed E-state index contributed by atoms with van der Waals surface area (Å²) < 4.78 is 0. The number of benzene rings is 2. The lowest BCUT2D eigenvalue weighted by Crippen LogP contribution is -1.92. The summed E-state index contributed by atoms with van der Waals surface area (Å²) >= 11 is 0. The van der Waals surface area contributed by atoms with E-state index in [0.29, 0.717) is 0 Å². The molecule has 2 rings (SSSR count). The first-order chi connectivity index (χ1) is 10.1. The second-order valence-electron chi connectivity index (χ2n) is 4.79. The quantitative estimate of drug-likeness (QED) is 0.291. The third-order valence-electron chi connectivity index (χ3n) is 3.52. The normalized spacial score (nSPS) is 10.8. The Hall–Kier alpha value is -3.16. The second kappa shape index (κ2) is 4.69. The Bertz CT molecular complexity index is 669. The molecular formula is C14H14O8. The lowest BCUT2D eigenvalue weighted by molar-refractivity contribution is 0.344. The Balaban J connectivity index is 3.03. The minimum absolute atomic E-state index is 0.178. The Morgan fingerprint density at radius 3 is 1.27 bits per heavy atom. The van der Waals surface area contributed by atoms with Crippen molar-refractivity contribution in [1.29, 1.82) is 0 Å². The number of phenols is 8. The molecule has 0 saturated carbocycles. The van der Waals surface area contributed by atoms with E-state index in [1.54, 1.807) is 0 Å². The predicted octanol–water partition coefficient (Wildman–Crippen LogP) is 1.62. The van der Waals surface area contributed by atoms with Crippen LogP contribution in [-0.2, 0) is 0 Å². The van der Waals surface area contributed by atoms with Gasteiger partial charge in [0.1, 0.15) is 5.75 Å². The smallest absolute Gasteiger partial charge is 0.204 e. The van der Waals surface area contributed by atoms with Gasteiger partial charge in [-0.1, -0.05) is 0 Å². The van der Waals surface area contributed by atoms with Gasteiger partial charge in [0, 0.05) is 16.7 Å². The minimum atomic E-state index is -1.07. The minimum Gasteiger partial charge on any atom is -0.507 e. The molecule has 0 aliphatic heterocycles. The van der Waals surface area contributed by atoms with E-state index in [1.165, 1.54) is 13.8 Å². The van der Waals surface area contributed by atoms with Gasteiger partial charge in [-0.3, -0.25) is 0 Å². The SMILES string of the molecule is Cc1c(O)c(O)c(O)c(-c2c(C)c(O)c(O)c(O)c2O)c1O. The summed E-state index contributed by atoms with van der Waals surface area (Å²) in [7, 11) is 0. The third-order valence-corrected chi connectivity index (χ3v) is 3.52. The molecule has 0 unspecified atom stereocenters. The van der Waals surface area contributed by atoms with Crippen LogP contribution in [0.3, 0.4) is 0 Å². The fourth-order valence-corrected chi connectivity index (χ4v) is 2.18. The van der Waals surface area contributed by atoms with Crippen LogP contribution in [0.4, 0.5) is 0 Å². The van der Waals surface area contributed by atoms with Gasteiger partial charge in [0.25, 0.3) is 0 Å². The molecule has 2 aromatic carbocycles. The van der Waals surface area contributed by atoms with Gasteiger partial charge in [-0.25, -0.2) is 0 Å². The molecule has 118 valence electrons. The zero-order valence-electron chi connectivity index (χ0n) is 11.6. The topological polar surface area (TPSA) is 162 Å². The molecule has 22 heavy (non-hydrogen) atoms. The average molecular weight is 310 g/mol. The maximum absolute atomic E-state index is 10.1. The number of hydrogen-bond acceptors (Lipinski definition) is 8. The highest BCUT2D eigenvalue weighted by atomic mass is 16.3.